The van der Waals surface area contributed by atoms with Gasteiger partial charge in [0.15, 0.2) is 5.16 Å². The fourth-order valence-corrected chi connectivity index (χ4v) is 3.32. The molecular formula is C16H25N3O2S. The molecule has 0 aliphatic carbocycles. The van der Waals surface area contributed by atoms with Crippen LogP contribution in [-0.4, -0.2) is 26.8 Å². The van der Waals surface area contributed by atoms with Crippen LogP contribution in [0.4, 0.5) is 0 Å². The van der Waals surface area contributed by atoms with E-state index in [0.29, 0.717) is 12.3 Å². The third-order valence-corrected chi connectivity index (χ3v) is 4.57. The number of rotatable bonds is 1. The minimum atomic E-state index is -0.263. The molecule has 1 aliphatic rings. The number of carbonyl (C=O) groups excluding carboxylic acids is 1. The van der Waals surface area contributed by atoms with Crippen molar-refractivity contribution < 1.29 is 4.79 Å². The van der Waals surface area contributed by atoms with Crippen LogP contribution in [0.1, 0.15) is 47.2 Å². The summed E-state index contributed by atoms with van der Waals surface area (Å²) in [4.78, 5) is 29.3. The van der Waals surface area contributed by atoms with E-state index in [1.807, 2.05) is 41.5 Å². The molecule has 1 atom stereocenters. The zero-order valence-electron chi connectivity index (χ0n) is 14.2. The highest BCUT2D eigenvalue weighted by atomic mass is 32.2. The molecule has 0 fully saturated rings. The predicted octanol–water partition coefficient (Wildman–Crippen LogP) is 2.18. The Morgan fingerprint density at radius 3 is 2.50 bits per heavy atom. The Morgan fingerprint density at radius 2 is 1.95 bits per heavy atom. The molecular weight excluding hydrogens is 298 g/mol. The molecule has 1 aromatic heterocycles. The number of nitrogens with zero attached hydrogens (tertiary/aromatic N) is 2. The minimum absolute atomic E-state index is 0.00236. The van der Waals surface area contributed by atoms with E-state index in [0.717, 1.165) is 10.9 Å². The van der Waals surface area contributed by atoms with E-state index in [9.17, 15) is 9.59 Å². The van der Waals surface area contributed by atoms with E-state index in [-0.39, 0.29) is 28.3 Å². The van der Waals surface area contributed by atoms with Gasteiger partial charge in [-0.3, -0.25) is 14.2 Å². The molecule has 0 radical (unpaired) electrons. The Hall–Kier alpha value is -1.30. The van der Waals surface area contributed by atoms with Crippen LogP contribution < -0.4 is 10.9 Å². The summed E-state index contributed by atoms with van der Waals surface area (Å²) in [5.41, 5.74) is 0.307. The molecule has 0 spiro atoms. The van der Waals surface area contributed by atoms with Gasteiger partial charge in [0.25, 0.3) is 5.56 Å². The molecule has 1 aromatic rings. The van der Waals surface area contributed by atoms with Gasteiger partial charge < -0.3 is 5.32 Å². The number of aromatic nitrogens is 2. The normalized spacial score (nSPS) is 18.7. The maximum absolute atomic E-state index is 12.4. The summed E-state index contributed by atoms with van der Waals surface area (Å²) < 4.78 is 1.62. The van der Waals surface area contributed by atoms with Crippen LogP contribution in [-0.2, 0) is 16.8 Å². The second kappa shape index (κ2) is 5.72. The van der Waals surface area contributed by atoms with Gasteiger partial charge >= 0.3 is 0 Å². The van der Waals surface area contributed by atoms with Crippen LogP contribution in [0, 0.1) is 5.92 Å². The molecule has 1 amide bonds. The zero-order chi connectivity index (χ0) is 16.7. The summed E-state index contributed by atoms with van der Waals surface area (Å²) in [6.45, 7) is 12.4. The highest BCUT2D eigenvalue weighted by molar-refractivity contribution is 7.99. The standard InChI is InChI=1S/C16H25N3O2S/c1-15(2,3)11-7-12(20)19-8-10(9-22-14(19)17-11)13(21)18-16(4,5)6/h7,10H,8-9H2,1-6H3,(H,18,21). The third-order valence-electron chi connectivity index (χ3n) is 3.43. The second-order valence-electron chi connectivity index (χ2n) is 7.87. The van der Waals surface area contributed by atoms with Crippen molar-refractivity contribution in [2.24, 2.45) is 5.92 Å². The van der Waals surface area contributed by atoms with Crippen LogP contribution in [0.5, 0.6) is 0 Å². The van der Waals surface area contributed by atoms with E-state index in [2.05, 4.69) is 10.3 Å². The van der Waals surface area contributed by atoms with Crippen molar-refractivity contribution in [1.29, 1.82) is 0 Å². The van der Waals surface area contributed by atoms with Crippen molar-refractivity contribution in [2.75, 3.05) is 5.75 Å². The largest absolute Gasteiger partial charge is 0.351 e. The average molecular weight is 323 g/mol. The fraction of sp³-hybridized carbons (Fsp3) is 0.688. The SMILES string of the molecule is CC(C)(C)NC(=O)C1CSc2nc(C(C)(C)C)cc(=O)n2C1. The molecule has 1 unspecified atom stereocenters. The lowest BCUT2D eigenvalue weighted by molar-refractivity contribution is -0.126. The molecule has 1 aliphatic heterocycles. The minimum Gasteiger partial charge on any atom is -0.351 e. The summed E-state index contributed by atoms with van der Waals surface area (Å²) in [5, 5.41) is 3.71. The smallest absolute Gasteiger partial charge is 0.254 e. The van der Waals surface area contributed by atoms with Gasteiger partial charge in [-0.1, -0.05) is 32.5 Å². The van der Waals surface area contributed by atoms with Gasteiger partial charge in [-0.05, 0) is 20.8 Å². The lowest BCUT2D eigenvalue weighted by Crippen LogP contribution is -2.47. The third kappa shape index (κ3) is 3.91. The topological polar surface area (TPSA) is 64.0 Å². The highest BCUT2D eigenvalue weighted by Gasteiger charge is 2.30. The number of nitrogens with one attached hydrogen (secondary N) is 1. The molecule has 1 N–H and O–H groups in total. The summed E-state index contributed by atoms with van der Waals surface area (Å²) in [6, 6.07) is 1.59. The lowest BCUT2D eigenvalue weighted by atomic mass is 9.92. The predicted molar refractivity (Wildman–Crippen MR) is 89.3 cm³/mol. The van der Waals surface area contributed by atoms with Crippen molar-refractivity contribution in [2.45, 2.75) is 64.2 Å². The van der Waals surface area contributed by atoms with E-state index >= 15 is 0 Å². The van der Waals surface area contributed by atoms with Crippen LogP contribution in [0.25, 0.3) is 0 Å². The number of carbonyl (C=O) groups is 1. The first-order chi connectivity index (χ1) is 9.97. The molecule has 0 bridgehead atoms. The summed E-state index contributed by atoms with van der Waals surface area (Å²) in [5.74, 6) is 0.455. The zero-order valence-corrected chi connectivity index (χ0v) is 15.0. The number of amides is 1. The quantitative estimate of drug-likeness (QED) is 0.805. The van der Waals surface area contributed by atoms with Gasteiger partial charge in [-0.25, -0.2) is 4.98 Å². The number of thioether (sulfide) groups is 1. The van der Waals surface area contributed by atoms with Crippen molar-refractivity contribution in [3.63, 3.8) is 0 Å². The second-order valence-corrected chi connectivity index (χ2v) is 8.86. The Balaban J connectivity index is 2.25. The van der Waals surface area contributed by atoms with Crippen molar-refractivity contribution >= 4 is 17.7 Å². The molecule has 5 nitrogen and oxygen atoms in total. The van der Waals surface area contributed by atoms with Crippen molar-refractivity contribution in [3.8, 4) is 0 Å². The van der Waals surface area contributed by atoms with E-state index in [1.54, 1.807) is 10.6 Å². The van der Waals surface area contributed by atoms with Gasteiger partial charge in [-0.2, -0.15) is 0 Å². The number of hydrogen-bond acceptors (Lipinski definition) is 4. The molecule has 122 valence electrons. The maximum Gasteiger partial charge on any atom is 0.254 e. The fourth-order valence-electron chi connectivity index (χ4n) is 2.23. The maximum atomic E-state index is 12.4. The number of fused-ring (bicyclic) bond motifs is 1. The lowest BCUT2D eigenvalue weighted by Gasteiger charge is -2.29. The Morgan fingerprint density at radius 1 is 1.32 bits per heavy atom. The number of hydrogen-bond donors (Lipinski definition) is 1. The van der Waals surface area contributed by atoms with Crippen molar-refractivity contribution in [3.05, 3.63) is 22.1 Å². The van der Waals surface area contributed by atoms with Crippen LogP contribution in [0.3, 0.4) is 0 Å². The molecule has 0 saturated carbocycles. The Labute approximate surface area is 135 Å². The molecule has 2 rings (SSSR count). The van der Waals surface area contributed by atoms with Gasteiger partial charge in [-0.15, -0.1) is 0 Å². The first-order valence-electron chi connectivity index (χ1n) is 7.54. The first-order valence-corrected chi connectivity index (χ1v) is 8.53. The van der Waals surface area contributed by atoms with E-state index < -0.39 is 0 Å². The molecule has 0 aromatic carbocycles. The van der Waals surface area contributed by atoms with Gasteiger partial charge in [0.2, 0.25) is 5.91 Å². The first kappa shape index (κ1) is 17.1. The summed E-state index contributed by atoms with van der Waals surface area (Å²) >= 11 is 1.49. The molecule has 22 heavy (non-hydrogen) atoms. The highest BCUT2D eigenvalue weighted by Crippen LogP contribution is 2.28. The molecule has 0 saturated heterocycles. The Kier molecular flexibility index (Phi) is 4.44. The summed E-state index contributed by atoms with van der Waals surface area (Å²) in [7, 11) is 0. The monoisotopic (exact) mass is 323 g/mol. The van der Waals surface area contributed by atoms with Crippen LogP contribution >= 0.6 is 11.8 Å². The molecule has 6 heteroatoms. The summed E-state index contributed by atoms with van der Waals surface area (Å²) in [6.07, 6.45) is 0. The van der Waals surface area contributed by atoms with Crippen molar-refractivity contribution in [1.82, 2.24) is 14.9 Å². The van der Waals surface area contributed by atoms with Gasteiger partial charge in [0.05, 0.1) is 11.6 Å². The van der Waals surface area contributed by atoms with Gasteiger partial charge in [0.1, 0.15) is 0 Å². The van der Waals surface area contributed by atoms with Crippen LogP contribution in [0.2, 0.25) is 0 Å². The average Bonchev–Trinajstić information content (AvgIpc) is 2.35. The van der Waals surface area contributed by atoms with Crippen LogP contribution in [0.15, 0.2) is 16.0 Å². The van der Waals surface area contributed by atoms with E-state index in [1.165, 1.54) is 11.8 Å². The molecule has 2 heterocycles. The Bertz CT molecular complexity index is 638. The van der Waals surface area contributed by atoms with E-state index in [4.69, 9.17) is 0 Å². The van der Waals surface area contributed by atoms with Gasteiger partial charge in [0, 0.05) is 29.3 Å².